The second kappa shape index (κ2) is 12.8. The van der Waals surface area contributed by atoms with Gasteiger partial charge < -0.3 is 10.2 Å². The lowest BCUT2D eigenvalue weighted by Crippen LogP contribution is -2.27. The Morgan fingerprint density at radius 2 is 1.13 bits per heavy atom. The van der Waals surface area contributed by atoms with Crippen LogP contribution in [0.4, 0.5) is 0 Å². The predicted molar refractivity (Wildman–Crippen MR) is 97.5 cm³/mol. The molecular weight excluding hydrogens is 288 g/mol. The van der Waals surface area contributed by atoms with Gasteiger partial charge in [0.25, 0.3) is 0 Å². The summed E-state index contributed by atoms with van der Waals surface area (Å²) in [6.45, 7) is 11.1. The number of hydrogen-bond donors (Lipinski definition) is 2. The summed E-state index contributed by atoms with van der Waals surface area (Å²) in [5.74, 6) is 1.11. The molecule has 3 heteroatoms. The molecule has 0 bridgehead atoms. The Morgan fingerprint density at radius 1 is 0.739 bits per heavy atom. The van der Waals surface area contributed by atoms with Gasteiger partial charge in [-0.1, -0.05) is 86.0 Å². The van der Waals surface area contributed by atoms with Gasteiger partial charge in [0.05, 0.1) is 0 Å². The molecule has 23 heavy (non-hydrogen) atoms. The summed E-state index contributed by atoms with van der Waals surface area (Å²) < 4.78 is 0. The second-order valence-electron chi connectivity index (χ2n) is 8.16. The van der Waals surface area contributed by atoms with Crippen molar-refractivity contribution in [3.05, 3.63) is 0 Å². The first-order valence-corrected chi connectivity index (χ1v) is 9.64. The van der Waals surface area contributed by atoms with Crippen molar-refractivity contribution in [2.24, 2.45) is 23.7 Å². The van der Waals surface area contributed by atoms with Gasteiger partial charge in [-0.25, -0.2) is 4.79 Å². The zero-order chi connectivity index (χ0) is 17.8. The fourth-order valence-electron chi connectivity index (χ4n) is 3.17. The normalized spacial score (nSPS) is 17.0. The van der Waals surface area contributed by atoms with Crippen LogP contribution in [0.1, 0.15) is 92.4 Å². The van der Waals surface area contributed by atoms with Crippen molar-refractivity contribution in [2.45, 2.75) is 98.5 Å². The maximum atomic E-state index is 10.7. The molecule has 0 saturated carbocycles. The fraction of sp³-hybridized carbons (Fsp3) is 0.950. The molecule has 0 radical (unpaired) electrons. The molecule has 3 unspecified atom stereocenters. The van der Waals surface area contributed by atoms with Crippen LogP contribution in [-0.2, 0) is 4.79 Å². The molecule has 0 heterocycles. The first-order valence-electron chi connectivity index (χ1n) is 9.64. The highest BCUT2D eigenvalue weighted by atomic mass is 16.4. The highest BCUT2D eigenvalue weighted by Gasteiger charge is 2.21. The summed E-state index contributed by atoms with van der Waals surface area (Å²) >= 11 is 0. The molecule has 0 fully saturated rings. The lowest BCUT2D eigenvalue weighted by atomic mass is 9.90. The van der Waals surface area contributed by atoms with Gasteiger partial charge >= 0.3 is 5.97 Å². The van der Waals surface area contributed by atoms with Crippen molar-refractivity contribution in [1.29, 1.82) is 0 Å². The van der Waals surface area contributed by atoms with Crippen molar-refractivity contribution < 1.29 is 15.0 Å². The molecule has 138 valence electrons. The SMILES string of the molecule is CC(C)CCCC(C)CCCC(C)CCCC(C)[C@@H](O)C(=O)O. The average Bonchev–Trinajstić information content (AvgIpc) is 2.45. The summed E-state index contributed by atoms with van der Waals surface area (Å²) in [5.41, 5.74) is 0. The highest BCUT2D eigenvalue weighted by Crippen LogP contribution is 2.22. The van der Waals surface area contributed by atoms with E-state index in [2.05, 4.69) is 27.7 Å². The zero-order valence-electron chi connectivity index (χ0n) is 16.1. The van der Waals surface area contributed by atoms with Crippen LogP contribution in [0.2, 0.25) is 0 Å². The Kier molecular flexibility index (Phi) is 12.5. The number of carbonyl (C=O) groups is 1. The standard InChI is InChI=1S/C20H40O3/c1-15(2)9-6-10-16(3)11-7-12-17(4)13-8-14-18(5)19(21)20(22)23/h15-19,21H,6-14H2,1-5H3,(H,22,23)/t16?,17?,18?,19-/m1/s1. The zero-order valence-corrected chi connectivity index (χ0v) is 16.1. The number of carboxylic acid groups (broad SMARTS) is 1. The van der Waals surface area contributed by atoms with Crippen LogP contribution in [0.25, 0.3) is 0 Å². The predicted octanol–water partition coefficient (Wildman–Crippen LogP) is 5.51. The van der Waals surface area contributed by atoms with Crippen LogP contribution in [-0.4, -0.2) is 22.3 Å². The third-order valence-corrected chi connectivity index (χ3v) is 5.02. The molecule has 0 aromatic heterocycles. The van der Waals surface area contributed by atoms with Gasteiger partial charge in [-0.2, -0.15) is 0 Å². The van der Waals surface area contributed by atoms with Gasteiger partial charge in [-0.05, 0) is 30.1 Å². The first-order chi connectivity index (χ1) is 10.7. The number of aliphatic hydroxyl groups excluding tert-OH is 1. The second-order valence-corrected chi connectivity index (χ2v) is 8.16. The minimum absolute atomic E-state index is 0.152. The number of aliphatic carboxylic acids is 1. The van der Waals surface area contributed by atoms with E-state index >= 15 is 0 Å². The highest BCUT2D eigenvalue weighted by molar-refractivity contribution is 5.72. The molecule has 0 spiro atoms. The van der Waals surface area contributed by atoms with Crippen LogP contribution < -0.4 is 0 Å². The smallest absolute Gasteiger partial charge is 0.332 e. The molecule has 0 saturated heterocycles. The quantitative estimate of drug-likeness (QED) is 0.442. The number of hydrogen-bond acceptors (Lipinski definition) is 2. The van der Waals surface area contributed by atoms with Gasteiger partial charge in [-0.3, -0.25) is 0 Å². The van der Waals surface area contributed by atoms with E-state index in [9.17, 15) is 9.90 Å². The molecular formula is C20H40O3. The topological polar surface area (TPSA) is 57.5 Å². The van der Waals surface area contributed by atoms with E-state index < -0.39 is 12.1 Å². The van der Waals surface area contributed by atoms with E-state index in [1.165, 1.54) is 38.5 Å². The van der Waals surface area contributed by atoms with Crippen molar-refractivity contribution in [1.82, 2.24) is 0 Å². The summed E-state index contributed by atoms with van der Waals surface area (Å²) in [5, 5.41) is 18.2. The van der Waals surface area contributed by atoms with Crippen molar-refractivity contribution in [3.8, 4) is 0 Å². The molecule has 3 nitrogen and oxygen atoms in total. The molecule has 0 aliphatic carbocycles. The Hall–Kier alpha value is -0.570. The van der Waals surface area contributed by atoms with Gasteiger partial charge in [-0.15, -0.1) is 0 Å². The lowest BCUT2D eigenvalue weighted by molar-refractivity contribution is -0.149. The summed E-state index contributed by atoms with van der Waals surface area (Å²) in [6.07, 6.45) is 9.70. The van der Waals surface area contributed by atoms with Crippen molar-refractivity contribution in [3.63, 3.8) is 0 Å². The van der Waals surface area contributed by atoms with E-state index in [-0.39, 0.29) is 5.92 Å². The molecule has 0 amide bonds. The van der Waals surface area contributed by atoms with E-state index in [1.807, 2.05) is 6.92 Å². The average molecular weight is 329 g/mol. The summed E-state index contributed by atoms with van der Waals surface area (Å²) in [4.78, 5) is 10.7. The largest absolute Gasteiger partial charge is 0.479 e. The van der Waals surface area contributed by atoms with E-state index in [1.54, 1.807) is 0 Å². The fourth-order valence-corrected chi connectivity index (χ4v) is 3.17. The molecule has 0 rings (SSSR count). The monoisotopic (exact) mass is 328 g/mol. The Labute approximate surface area is 143 Å². The van der Waals surface area contributed by atoms with Crippen LogP contribution in [0, 0.1) is 23.7 Å². The van der Waals surface area contributed by atoms with Crippen LogP contribution in [0.5, 0.6) is 0 Å². The molecule has 0 aliphatic rings. The lowest BCUT2D eigenvalue weighted by Gasteiger charge is -2.17. The van der Waals surface area contributed by atoms with Crippen molar-refractivity contribution >= 4 is 5.97 Å². The van der Waals surface area contributed by atoms with Gasteiger partial charge in [0.15, 0.2) is 6.10 Å². The Morgan fingerprint density at radius 3 is 1.52 bits per heavy atom. The summed E-state index contributed by atoms with van der Waals surface area (Å²) in [7, 11) is 0. The number of aliphatic hydroxyl groups is 1. The minimum Gasteiger partial charge on any atom is -0.479 e. The first kappa shape index (κ1) is 22.4. The van der Waals surface area contributed by atoms with Gasteiger partial charge in [0, 0.05) is 0 Å². The van der Waals surface area contributed by atoms with Gasteiger partial charge in [0.2, 0.25) is 0 Å². The third kappa shape index (κ3) is 12.5. The van der Waals surface area contributed by atoms with Gasteiger partial charge in [0.1, 0.15) is 0 Å². The number of rotatable bonds is 14. The maximum absolute atomic E-state index is 10.7. The number of carboxylic acids is 1. The Bertz CT molecular complexity index is 301. The van der Waals surface area contributed by atoms with Crippen molar-refractivity contribution in [2.75, 3.05) is 0 Å². The molecule has 0 aromatic carbocycles. The molecule has 2 N–H and O–H groups in total. The molecule has 0 aromatic rings. The van der Waals surface area contributed by atoms with Crippen LogP contribution in [0.15, 0.2) is 0 Å². The Balaban J connectivity index is 3.63. The van der Waals surface area contributed by atoms with E-state index in [4.69, 9.17) is 5.11 Å². The third-order valence-electron chi connectivity index (χ3n) is 5.02. The maximum Gasteiger partial charge on any atom is 0.332 e. The van der Waals surface area contributed by atoms with Crippen LogP contribution in [0.3, 0.4) is 0 Å². The minimum atomic E-state index is -1.21. The van der Waals surface area contributed by atoms with E-state index in [0.29, 0.717) is 5.92 Å². The molecule has 4 atom stereocenters. The van der Waals surface area contributed by atoms with E-state index in [0.717, 1.165) is 31.1 Å². The van der Waals surface area contributed by atoms with Crippen LogP contribution >= 0.6 is 0 Å². The molecule has 0 aliphatic heterocycles. The summed E-state index contributed by atoms with van der Waals surface area (Å²) in [6, 6.07) is 0.